The van der Waals surface area contributed by atoms with E-state index in [9.17, 15) is 9.59 Å². The van der Waals surface area contributed by atoms with Gasteiger partial charge in [-0.25, -0.2) is 0 Å². The number of rotatable bonds is 4. The third kappa shape index (κ3) is 2.70. The van der Waals surface area contributed by atoms with Crippen LogP contribution < -0.4 is 4.90 Å². The lowest BCUT2D eigenvalue weighted by atomic mass is 9.97. The van der Waals surface area contributed by atoms with Crippen molar-refractivity contribution in [2.45, 2.75) is 32.1 Å². The number of aliphatic carboxylic acids is 1. The predicted octanol–water partition coefficient (Wildman–Crippen LogP) is 2.00. The molecule has 1 N–H and O–H groups in total. The Labute approximate surface area is 106 Å². The first-order chi connectivity index (χ1) is 8.58. The summed E-state index contributed by atoms with van der Waals surface area (Å²) in [5.74, 6) is -0.598. The fraction of sp³-hybridized carbons (Fsp3) is 0.429. The van der Waals surface area contributed by atoms with Gasteiger partial charge in [0, 0.05) is 25.6 Å². The van der Waals surface area contributed by atoms with Gasteiger partial charge in [-0.3, -0.25) is 9.59 Å². The monoisotopic (exact) mass is 247 g/mol. The van der Waals surface area contributed by atoms with Gasteiger partial charge in [-0.2, -0.15) is 0 Å². The lowest BCUT2D eigenvalue weighted by molar-refractivity contribution is -0.137. The second-order valence-electron chi connectivity index (χ2n) is 4.66. The molecular weight excluding hydrogens is 230 g/mol. The van der Waals surface area contributed by atoms with Crippen LogP contribution in [0.15, 0.2) is 18.2 Å². The van der Waals surface area contributed by atoms with Gasteiger partial charge in [0.05, 0.1) is 0 Å². The molecule has 0 aromatic heterocycles. The van der Waals surface area contributed by atoms with Crippen LogP contribution in [0.25, 0.3) is 0 Å². The highest BCUT2D eigenvalue weighted by Crippen LogP contribution is 2.27. The smallest absolute Gasteiger partial charge is 0.303 e. The van der Waals surface area contributed by atoms with Crippen LogP contribution in [-0.4, -0.2) is 24.0 Å². The van der Waals surface area contributed by atoms with Crippen molar-refractivity contribution in [3.05, 3.63) is 29.3 Å². The van der Waals surface area contributed by atoms with Crippen LogP contribution >= 0.6 is 0 Å². The van der Waals surface area contributed by atoms with Crippen molar-refractivity contribution in [1.29, 1.82) is 0 Å². The molecule has 96 valence electrons. The quantitative estimate of drug-likeness (QED) is 0.885. The largest absolute Gasteiger partial charge is 0.481 e. The van der Waals surface area contributed by atoms with Gasteiger partial charge < -0.3 is 10.0 Å². The van der Waals surface area contributed by atoms with Gasteiger partial charge in [0.1, 0.15) is 0 Å². The minimum Gasteiger partial charge on any atom is -0.481 e. The number of nitrogens with zero attached hydrogens (tertiary/aromatic N) is 1. The van der Waals surface area contributed by atoms with E-state index in [0.717, 1.165) is 24.1 Å². The normalized spacial score (nSPS) is 14.5. The Morgan fingerprint density at radius 2 is 2.17 bits per heavy atom. The van der Waals surface area contributed by atoms with E-state index in [2.05, 4.69) is 6.07 Å². The Kier molecular flexibility index (Phi) is 3.65. The summed E-state index contributed by atoms with van der Waals surface area (Å²) in [7, 11) is 1.80. The predicted molar refractivity (Wildman–Crippen MR) is 68.7 cm³/mol. The summed E-state index contributed by atoms with van der Waals surface area (Å²) in [5, 5.41) is 8.60. The first-order valence-electron chi connectivity index (χ1n) is 6.18. The van der Waals surface area contributed by atoms with Gasteiger partial charge in [0.2, 0.25) is 5.91 Å². The summed E-state index contributed by atoms with van der Waals surface area (Å²) in [6, 6.07) is 6.04. The van der Waals surface area contributed by atoms with E-state index in [-0.39, 0.29) is 12.3 Å². The summed E-state index contributed by atoms with van der Waals surface area (Å²) in [6.07, 6.45) is 2.98. The third-order valence-corrected chi connectivity index (χ3v) is 3.34. The molecule has 1 amide bonds. The number of aryl methyl sites for hydroxylation is 2. The summed E-state index contributed by atoms with van der Waals surface area (Å²) in [5.41, 5.74) is 3.32. The Bertz CT molecular complexity index is 482. The molecule has 0 spiro atoms. The Balaban J connectivity index is 2.08. The minimum absolute atomic E-state index is 0.154. The van der Waals surface area contributed by atoms with E-state index in [1.54, 1.807) is 11.9 Å². The minimum atomic E-state index is -0.752. The molecule has 0 radical (unpaired) electrons. The van der Waals surface area contributed by atoms with Crippen LogP contribution in [0, 0.1) is 0 Å². The van der Waals surface area contributed by atoms with Crippen molar-refractivity contribution in [2.24, 2.45) is 0 Å². The first kappa shape index (κ1) is 12.6. The van der Waals surface area contributed by atoms with Gasteiger partial charge in [-0.15, -0.1) is 0 Å². The first-order valence-corrected chi connectivity index (χ1v) is 6.18. The molecule has 0 atom stereocenters. The van der Waals surface area contributed by atoms with E-state index in [1.165, 1.54) is 5.56 Å². The fourth-order valence-corrected chi connectivity index (χ4v) is 2.31. The molecule has 2 rings (SSSR count). The van der Waals surface area contributed by atoms with Gasteiger partial charge >= 0.3 is 5.97 Å². The van der Waals surface area contributed by atoms with Crippen LogP contribution in [0.2, 0.25) is 0 Å². The molecule has 1 aliphatic heterocycles. The molecule has 1 aliphatic rings. The highest BCUT2D eigenvalue weighted by atomic mass is 16.4. The van der Waals surface area contributed by atoms with Crippen LogP contribution in [0.1, 0.15) is 30.4 Å². The van der Waals surface area contributed by atoms with Crippen LogP contribution in [0.5, 0.6) is 0 Å². The number of carbonyl (C=O) groups excluding carboxylic acids is 1. The zero-order valence-corrected chi connectivity index (χ0v) is 10.5. The molecule has 4 heteroatoms. The number of benzene rings is 1. The summed E-state index contributed by atoms with van der Waals surface area (Å²) < 4.78 is 0. The van der Waals surface area contributed by atoms with E-state index >= 15 is 0 Å². The van der Waals surface area contributed by atoms with E-state index in [1.807, 2.05) is 12.1 Å². The molecule has 0 saturated carbocycles. The number of carboxylic acid groups (broad SMARTS) is 1. The topological polar surface area (TPSA) is 57.6 Å². The average Bonchev–Trinajstić information content (AvgIpc) is 2.33. The third-order valence-electron chi connectivity index (χ3n) is 3.34. The van der Waals surface area contributed by atoms with Crippen molar-refractivity contribution in [3.8, 4) is 0 Å². The van der Waals surface area contributed by atoms with E-state index in [4.69, 9.17) is 5.11 Å². The van der Waals surface area contributed by atoms with Crippen molar-refractivity contribution in [3.63, 3.8) is 0 Å². The van der Waals surface area contributed by atoms with Gasteiger partial charge in [0.25, 0.3) is 0 Å². The zero-order valence-electron chi connectivity index (χ0n) is 10.5. The molecule has 0 unspecified atom stereocenters. The Hall–Kier alpha value is -1.84. The number of carboxylic acids is 1. The van der Waals surface area contributed by atoms with E-state index < -0.39 is 5.97 Å². The SMILES string of the molecule is CN1C(=O)CCc2cc(CCCC(=O)O)ccc21. The standard InChI is InChI=1S/C14H17NO3/c1-15-12-7-5-10(3-2-4-14(17)18)9-11(12)6-8-13(15)16/h5,7,9H,2-4,6,8H2,1H3,(H,17,18). The maximum atomic E-state index is 11.5. The van der Waals surface area contributed by atoms with Gasteiger partial charge in [-0.05, 0) is 36.5 Å². The van der Waals surface area contributed by atoms with Crippen molar-refractivity contribution < 1.29 is 14.7 Å². The molecule has 0 fully saturated rings. The Morgan fingerprint density at radius 1 is 1.39 bits per heavy atom. The molecule has 0 bridgehead atoms. The molecule has 1 aromatic rings. The number of amides is 1. The van der Waals surface area contributed by atoms with Crippen molar-refractivity contribution in [2.75, 3.05) is 11.9 Å². The second-order valence-corrected chi connectivity index (χ2v) is 4.66. The van der Waals surface area contributed by atoms with Crippen LogP contribution in [0.4, 0.5) is 5.69 Å². The van der Waals surface area contributed by atoms with Crippen molar-refractivity contribution >= 4 is 17.6 Å². The lowest BCUT2D eigenvalue weighted by Crippen LogP contribution is -2.31. The molecule has 0 saturated heterocycles. The number of carbonyl (C=O) groups is 2. The molecule has 0 aliphatic carbocycles. The number of hydrogen-bond acceptors (Lipinski definition) is 2. The highest BCUT2D eigenvalue weighted by molar-refractivity contribution is 5.95. The van der Waals surface area contributed by atoms with Crippen LogP contribution in [0.3, 0.4) is 0 Å². The fourth-order valence-electron chi connectivity index (χ4n) is 2.31. The second kappa shape index (κ2) is 5.21. The average molecular weight is 247 g/mol. The highest BCUT2D eigenvalue weighted by Gasteiger charge is 2.20. The van der Waals surface area contributed by atoms with Gasteiger partial charge in [-0.1, -0.05) is 12.1 Å². The number of hydrogen-bond donors (Lipinski definition) is 1. The lowest BCUT2D eigenvalue weighted by Gasteiger charge is -2.26. The molecule has 18 heavy (non-hydrogen) atoms. The zero-order chi connectivity index (χ0) is 13.1. The number of fused-ring (bicyclic) bond motifs is 1. The summed E-state index contributed by atoms with van der Waals surface area (Å²) >= 11 is 0. The summed E-state index contributed by atoms with van der Waals surface area (Å²) in [4.78, 5) is 23.7. The van der Waals surface area contributed by atoms with Gasteiger partial charge in [0.15, 0.2) is 0 Å². The Morgan fingerprint density at radius 3 is 2.89 bits per heavy atom. The molecule has 1 aromatic carbocycles. The number of anilines is 1. The molecule has 4 nitrogen and oxygen atoms in total. The van der Waals surface area contributed by atoms with Crippen molar-refractivity contribution in [1.82, 2.24) is 0 Å². The maximum absolute atomic E-state index is 11.5. The van der Waals surface area contributed by atoms with Crippen LogP contribution in [-0.2, 0) is 22.4 Å². The molecular formula is C14H17NO3. The summed E-state index contributed by atoms with van der Waals surface area (Å²) in [6.45, 7) is 0. The molecule has 1 heterocycles. The van der Waals surface area contributed by atoms with E-state index in [0.29, 0.717) is 12.8 Å². The maximum Gasteiger partial charge on any atom is 0.303 e.